The topological polar surface area (TPSA) is 82.6 Å². The van der Waals surface area contributed by atoms with Gasteiger partial charge >= 0.3 is 21.6 Å². The molecule has 19 heavy (non-hydrogen) atoms. The largest absolute Gasteiger partial charge is 0.526 e. The van der Waals surface area contributed by atoms with Crippen LogP contribution in [0.1, 0.15) is 18.5 Å². The molecular weight excluding hydrogens is 291 g/mol. The highest BCUT2D eigenvalue weighted by Crippen LogP contribution is 2.25. The Morgan fingerprint density at radius 1 is 1.37 bits per heavy atom. The van der Waals surface area contributed by atoms with Gasteiger partial charge in [0.1, 0.15) is 0 Å². The maximum absolute atomic E-state index is 11.9. The molecule has 0 aliphatic carbocycles. The van der Waals surface area contributed by atoms with Gasteiger partial charge in [0, 0.05) is 6.20 Å². The number of alkyl halides is 3. The Morgan fingerprint density at radius 2 is 2.00 bits per heavy atom. The van der Waals surface area contributed by atoms with Crippen molar-refractivity contribution in [2.75, 3.05) is 0 Å². The number of pyridine rings is 1. The van der Waals surface area contributed by atoms with E-state index in [0.717, 1.165) is 0 Å². The number of carbonyl (C=O) groups is 1. The molecule has 0 saturated heterocycles. The zero-order valence-corrected chi connectivity index (χ0v) is 10.2. The number of nitrogens with zero attached hydrogens (tertiary/aromatic N) is 1. The Hall–Kier alpha value is -1.68. The lowest BCUT2D eigenvalue weighted by atomic mass is 10.1. The Bertz CT molecular complexity index is 543. The molecule has 0 N–H and O–H groups in total. The molecule has 10 heteroatoms. The minimum atomic E-state index is -5.97. The van der Waals surface area contributed by atoms with Gasteiger partial charge in [0.25, 0.3) is 0 Å². The number of halogens is 3. The summed E-state index contributed by atoms with van der Waals surface area (Å²) in [6.45, 7) is 1.27. The Morgan fingerprint density at radius 3 is 2.47 bits per heavy atom. The highest BCUT2D eigenvalue weighted by molar-refractivity contribution is 7.87. The molecule has 0 saturated carbocycles. The SMILES string of the molecule is CC(C(=O)OOS(=O)(=O)C(F)(F)F)c1ccccn1. The molecule has 0 aliphatic rings. The smallest absolute Gasteiger partial charge is 0.280 e. The fourth-order valence-electron chi connectivity index (χ4n) is 0.942. The van der Waals surface area contributed by atoms with E-state index < -0.39 is 27.5 Å². The molecule has 1 unspecified atom stereocenters. The number of aromatic nitrogens is 1. The maximum atomic E-state index is 11.9. The maximum Gasteiger partial charge on any atom is 0.526 e. The lowest BCUT2D eigenvalue weighted by molar-refractivity contribution is -0.219. The van der Waals surface area contributed by atoms with Crippen molar-refractivity contribution in [3.05, 3.63) is 30.1 Å². The van der Waals surface area contributed by atoms with Gasteiger partial charge in [-0.05, 0) is 23.4 Å². The number of carbonyl (C=O) groups excluding carboxylic acids is 1. The van der Waals surface area contributed by atoms with E-state index >= 15 is 0 Å². The summed E-state index contributed by atoms with van der Waals surface area (Å²) < 4.78 is 59.8. The van der Waals surface area contributed by atoms with Crippen LogP contribution < -0.4 is 0 Å². The first-order valence-corrected chi connectivity index (χ1v) is 6.18. The van der Waals surface area contributed by atoms with Crippen molar-refractivity contribution in [1.29, 1.82) is 0 Å². The highest BCUT2D eigenvalue weighted by Gasteiger charge is 2.49. The zero-order valence-electron chi connectivity index (χ0n) is 9.42. The van der Waals surface area contributed by atoms with Crippen LogP contribution in [0.25, 0.3) is 0 Å². The Labute approximate surface area is 106 Å². The Balaban J connectivity index is 2.68. The van der Waals surface area contributed by atoms with Gasteiger partial charge in [-0.3, -0.25) is 9.87 Å². The van der Waals surface area contributed by atoms with Gasteiger partial charge < -0.3 is 0 Å². The molecule has 0 spiro atoms. The number of hydrogen-bond acceptors (Lipinski definition) is 6. The van der Waals surface area contributed by atoms with E-state index in [0.29, 0.717) is 0 Å². The van der Waals surface area contributed by atoms with Crippen LogP contribution in [0.5, 0.6) is 0 Å². The minimum Gasteiger partial charge on any atom is -0.280 e. The summed E-state index contributed by atoms with van der Waals surface area (Å²) in [5.41, 5.74) is -5.47. The summed E-state index contributed by atoms with van der Waals surface area (Å²) in [6.07, 6.45) is 1.35. The zero-order chi connectivity index (χ0) is 14.7. The van der Waals surface area contributed by atoms with Crippen molar-refractivity contribution in [2.45, 2.75) is 18.3 Å². The molecular formula is C9H8F3NO5S. The van der Waals surface area contributed by atoms with Crippen LogP contribution in [0.2, 0.25) is 0 Å². The van der Waals surface area contributed by atoms with Crippen LogP contribution in [0.3, 0.4) is 0 Å². The molecule has 1 atom stereocenters. The monoisotopic (exact) mass is 299 g/mol. The third-order valence-electron chi connectivity index (χ3n) is 1.97. The minimum absolute atomic E-state index is 0.195. The molecule has 0 amide bonds. The Kier molecular flexibility index (Phi) is 4.48. The van der Waals surface area contributed by atoms with Crippen LogP contribution in [0.4, 0.5) is 13.2 Å². The molecule has 1 aromatic rings. The average Bonchev–Trinajstić information content (AvgIpc) is 2.35. The van der Waals surface area contributed by atoms with Gasteiger partial charge in [-0.1, -0.05) is 6.07 Å². The molecule has 1 rings (SSSR count). The van der Waals surface area contributed by atoms with Gasteiger partial charge in [0.05, 0.1) is 11.6 Å². The van der Waals surface area contributed by atoms with Gasteiger partial charge in [0.2, 0.25) is 0 Å². The van der Waals surface area contributed by atoms with E-state index in [1.54, 1.807) is 12.1 Å². The van der Waals surface area contributed by atoms with Crippen molar-refractivity contribution < 1.29 is 35.6 Å². The van der Waals surface area contributed by atoms with Crippen LogP contribution >= 0.6 is 0 Å². The third kappa shape index (κ3) is 3.89. The van der Waals surface area contributed by atoms with E-state index in [9.17, 15) is 26.4 Å². The van der Waals surface area contributed by atoms with Crippen molar-refractivity contribution in [1.82, 2.24) is 4.98 Å². The second-order valence-corrected chi connectivity index (χ2v) is 4.85. The first-order chi connectivity index (χ1) is 8.65. The van der Waals surface area contributed by atoms with Gasteiger partial charge in [-0.2, -0.15) is 21.6 Å². The van der Waals surface area contributed by atoms with Crippen molar-refractivity contribution in [2.24, 2.45) is 0 Å². The lowest BCUT2D eigenvalue weighted by Gasteiger charge is -2.10. The van der Waals surface area contributed by atoms with Crippen LogP contribution in [-0.4, -0.2) is 24.9 Å². The second kappa shape index (κ2) is 5.53. The van der Waals surface area contributed by atoms with Crippen molar-refractivity contribution in [3.8, 4) is 0 Å². The van der Waals surface area contributed by atoms with Gasteiger partial charge in [-0.15, -0.1) is 0 Å². The fraction of sp³-hybridized carbons (Fsp3) is 0.333. The normalized spacial score (nSPS) is 13.9. The predicted molar refractivity (Wildman–Crippen MR) is 54.8 cm³/mol. The average molecular weight is 299 g/mol. The number of rotatable bonds is 4. The van der Waals surface area contributed by atoms with Crippen molar-refractivity contribution >= 4 is 16.1 Å². The molecule has 106 valence electrons. The summed E-state index contributed by atoms with van der Waals surface area (Å²) in [6, 6.07) is 4.52. The standard InChI is InChI=1S/C9H8F3NO5S/c1-6(7-4-2-3-5-13-7)8(14)17-18-19(15,16)9(10,11)12/h2-6H,1H3. The van der Waals surface area contributed by atoms with Crippen LogP contribution in [-0.2, 0) is 24.1 Å². The van der Waals surface area contributed by atoms with Gasteiger partial charge in [0.15, 0.2) is 0 Å². The summed E-state index contributed by atoms with van der Waals surface area (Å²) in [4.78, 5) is 18.7. The third-order valence-corrected chi connectivity index (χ3v) is 2.79. The molecule has 6 nitrogen and oxygen atoms in total. The molecule has 0 aliphatic heterocycles. The molecule has 0 radical (unpaired) electrons. The van der Waals surface area contributed by atoms with E-state index in [2.05, 4.69) is 14.2 Å². The predicted octanol–water partition coefficient (Wildman–Crippen LogP) is 1.51. The molecule has 0 aromatic carbocycles. The highest BCUT2D eigenvalue weighted by atomic mass is 32.2. The second-order valence-electron chi connectivity index (χ2n) is 3.35. The summed E-state index contributed by atoms with van der Waals surface area (Å²) in [7, 11) is -5.97. The molecule has 1 heterocycles. The van der Waals surface area contributed by atoms with E-state index in [-0.39, 0.29) is 5.69 Å². The molecule has 0 bridgehead atoms. The summed E-state index contributed by atoms with van der Waals surface area (Å²) in [5.74, 6) is -2.39. The van der Waals surface area contributed by atoms with Crippen LogP contribution in [0, 0.1) is 0 Å². The lowest BCUT2D eigenvalue weighted by Crippen LogP contribution is -2.27. The van der Waals surface area contributed by atoms with E-state index in [4.69, 9.17) is 0 Å². The number of hydrogen-bond donors (Lipinski definition) is 0. The summed E-state index contributed by atoms with van der Waals surface area (Å²) in [5, 5.41) is 0. The first kappa shape index (κ1) is 15.4. The molecule has 0 fully saturated rings. The first-order valence-electron chi connectivity index (χ1n) is 4.77. The van der Waals surface area contributed by atoms with E-state index in [1.165, 1.54) is 19.2 Å². The van der Waals surface area contributed by atoms with Gasteiger partial charge in [-0.25, -0.2) is 4.79 Å². The fourth-order valence-corrected chi connectivity index (χ4v) is 1.18. The summed E-state index contributed by atoms with van der Waals surface area (Å²) >= 11 is 0. The quantitative estimate of drug-likeness (QED) is 0.476. The van der Waals surface area contributed by atoms with E-state index in [1.807, 2.05) is 0 Å². The van der Waals surface area contributed by atoms with Crippen molar-refractivity contribution in [3.63, 3.8) is 0 Å². The van der Waals surface area contributed by atoms with Crippen LogP contribution in [0.15, 0.2) is 24.4 Å². The molecule has 1 aromatic heterocycles.